The number of nitrogens with one attached hydrogen (secondary N) is 1. The van der Waals surface area contributed by atoms with E-state index >= 15 is 0 Å². The van der Waals surface area contributed by atoms with Crippen molar-refractivity contribution in [2.45, 2.75) is 13.5 Å². The first kappa shape index (κ1) is 15.6. The van der Waals surface area contributed by atoms with Crippen LogP contribution in [0, 0.1) is 5.82 Å². The maximum atomic E-state index is 13.1. The highest BCUT2D eigenvalue weighted by Crippen LogP contribution is 2.42. The van der Waals surface area contributed by atoms with Gasteiger partial charge in [-0.05, 0) is 17.7 Å². The lowest BCUT2D eigenvalue weighted by Crippen LogP contribution is -2.00. The number of nitrogen functional groups attached to an aromatic ring is 1. The SMILES string of the molecule is COc1c(NCc2ccc(F)c(Cl)c2)sc(C(C)=O)c1N. The minimum absolute atomic E-state index is 0.0661. The monoisotopic (exact) mass is 328 g/mol. The van der Waals surface area contributed by atoms with Gasteiger partial charge in [-0.2, -0.15) is 0 Å². The molecular weight excluding hydrogens is 315 g/mol. The molecule has 0 spiro atoms. The predicted octanol–water partition coefficient (Wildman–Crippen LogP) is 3.95. The molecule has 0 aliphatic carbocycles. The molecule has 2 aromatic rings. The predicted molar refractivity (Wildman–Crippen MR) is 84.0 cm³/mol. The normalized spacial score (nSPS) is 10.5. The number of hydrogen-bond donors (Lipinski definition) is 2. The van der Waals surface area contributed by atoms with Crippen molar-refractivity contribution in [2.75, 3.05) is 18.2 Å². The first-order valence-electron chi connectivity index (χ1n) is 6.09. The van der Waals surface area contributed by atoms with Crippen molar-refractivity contribution in [3.8, 4) is 5.75 Å². The van der Waals surface area contributed by atoms with Crippen LogP contribution in [-0.4, -0.2) is 12.9 Å². The molecule has 0 fully saturated rings. The molecule has 1 aromatic heterocycles. The summed E-state index contributed by atoms with van der Waals surface area (Å²) in [6.07, 6.45) is 0. The molecule has 21 heavy (non-hydrogen) atoms. The van der Waals surface area contributed by atoms with Crippen LogP contribution in [0.2, 0.25) is 5.02 Å². The summed E-state index contributed by atoms with van der Waals surface area (Å²) in [4.78, 5) is 11.9. The highest BCUT2D eigenvalue weighted by atomic mass is 35.5. The summed E-state index contributed by atoms with van der Waals surface area (Å²) in [5.74, 6) is -0.135. The summed E-state index contributed by atoms with van der Waals surface area (Å²) >= 11 is 6.96. The number of carbonyl (C=O) groups excluding carboxylic acids is 1. The molecule has 1 aromatic carbocycles. The first-order valence-corrected chi connectivity index (χ1v) is 7.28. The average molecular weight is 329 g/mol. The van der Waals surface area contributed by atoms with Gasteiger partial charge in [0.1, 0.15) is 10.8 Å². The number of ether oxygens (including phenoxy) is 1. The van der Waals surface area contributed by atoms with Gasteiger partial charge in [-0.3, -0.25) is 4.79 Å². The van der Waals surface area contributed by atoms with Gasteiger partial charge in [-0.25, -0.2) is 4.39 Å². The van der Waals surface area contributed by atoms with Crippen LogP contribution in [0.1, 0.15) is 22.2 Å². The average Bonchev–Trinajstić information content (AvgIpc) is 2.76. The Kier molecular flexibility index (Phi) is 4.69. The molecule has 112 valence electrons. The van der Waals surface area contributed by atoms with Gasteiger partial charge < -0.3 is 15.8 Å². The lowest BCUT2D eigenvalue weighted by molar-refractivity contribution is 0.102. The molecule has 2 rings (SSSR count). The summed E-state index contributed by atoms with van der Waals surface area (Å²) in [5.41, 5.74) is 7.02. The maximum Gasteiger partial charge on any atom is 0.176 e. The molecule has 0 radical (unpaired) electrons. The zero-order chi connectivity index (χ0) is 15.6. The fourth-order valence-electron chi connectivity index (χ4n) is 1.84. The Bertz CT molecular complexity index is 688. The number of hydrogen-bond acceptors (Lipinski definition) is 5. The number of benzene rings is 1. The number of thiophene rings is 1. The van der Waals surface area contributed by atoms with Gasteiger partial charge in [-0.15, -0.1) is 11.3 Å². The Balaban J connectivity index is 2.21. The summed E-state index contributed by atoms with van der Waals surface area (Å²) in [6, 6.07) is 4.48. The number of rotatable bonds is 5. The fourth-order valence-corrected chi connectivity index (χ4v) is 3.03. The number of anilines is 2. The fraction of sp³-hybridized carbons (Fsp3) is 0.214. The van der Waals surface area contributed by atoms with E-state index in [-0.39, 0.29) is 10.8 Å². The molecule has 0 atom stereocenters. The van der Waals surface area contributed by atoms with Gasteiger partial charge in [0.2, 0.25) is 0 Å². The first-order chi connectivity index (χ1) is 9.93. The van der Waals surface area contributed by atoms with E-state index in [0.29, 0.717) is 27.9 Å². The van der Waals surface area contributed by atoms with E-state index in [1.807, 2.05) is 0 Å². The third-order valence-electron chi connectivity index (χ3n) is 2.86. The third kappa shape index (κ3) is 3.28. The van der Waals surface area contributed by atoms with Gasteiger partial charge in [-0.1, -0.05) is 17.7 Å². The van der Waals surface area contributed by atoms with Crippen molar-refractivity contribution in [1.29, 1.82) is 0 Å². The molecule has 0 saturated heterocycles. The van der Waals surface area contributed by atoms with Crippen molar-refractivity contribution in [3.05, 3.63) is 39.5 Å². The topological polar surface area (TPSA) is 64.3 Å². The summed E-state index contributed by atoms with van der Waals surface area (Å²) in [6.45, 7) is 1.86. The second kappa shape index (κ2) is 6.32. The van der Waals surface area contributed by atoms with Crippen LogP contribution in [0.5, 0.6) is 5.75 Å². The molecule has 0 saturated carbocycles. The van der Waals surface area contributed by atoms with Crippen LogP contribution in [0.15, 0.2) is 18.2 Å². The Morgan fingerprint density at radius 2 is 2.24 bits per heavy atom. The minimum Gasteiger partial charge on any atom is -0.492 e. The van der Waals surface area contributed by atoms with Crippen molar-refractivity contribution < 1.29 is 13.9 Å². The van der Waals surface area contributed by atoms with Crippen molar-refractivity contribution in [1.82, 2.24) is 0 Å². The van der Waals surface area contributed by atoms with Crippen LogP contribution in [0.25, 0.3) is 0 Å². The Morgan fingerprint density at radius 3 is 2.81 bits per heavy atom. The lowest BCUT2D eigenvalue weighted by atomic mass is 10.2. The molecule has 7 heteroatoms. The van der Waals surface area contributed by atoms with Crippen LogP contribution >= 0.6 is 22.9 Å². The summed E-state index contributed by atoms with van der Waals surface area (Å²) < 4.78 is 18.3. The number of methoxy groups -OCH3 is 1. The number of ketones is 1. The molecule has 0 aliphatic heterocycles. The largest absolute Gasteiger partial charge is 0.492 e. The zero-order valence-corrected chi connectivity index (χ0v) is 13.1. The van der Waals surface area contributed by atoms with E-state index < -0.39 is 5.82 Å². The van der Waals surface area contributed by atoms with Crippen LogP contribution in [0.3, 0.4) is 0 Å². The summed E-state index contributed by atoms with van der Waals surface area (Å²) in [7, 11) is 1.49. The van der Waals surface area contributed by atoms with Gasteiger partial charge in [0.25, 0.3) is 0 Å². The molecule has 0 bridgehead atoms. The number of Topliss-reactive ketones (excluding diaryl/α,β-unsaturated/α-hetero) is 1. The molecule has 0 aliphatic rings. The quantitative estimate of drug-likeness (QED) is 0.816. The Hall–Kier alpha value is -1.79. The minimum atomic E-state index is -0.461. The van der Waals surface area contributed by atoms with Crippen LogP contribution < -0.4 is 15.8 Å². The molecule has 0 amide bonds. The molecule has 4 nitrogen and oxygen atoms in total. The van der Waals surface area contributed by atoms with Crippen LogP contribution in [-0.2, 0) is 6.54 Å². The summed E-state index contributed by atoms with van der Waals surface area (Å²) in [5, 5.41) is 3.84. The Labute approximate surface area is 130 Å². The van der Waals surface area contributed by atoms with Gasteiger partial charge in [0, 0.05) is 13.5 Å². The van der Waals surface area contributed by atoms with Crippen LogP contribution in [0.4, 0.5) is 15.1 Å². The number of carbonyl (C=O) groups is 1. The molecular formula is C14H14ClFN2O2S. The highest BCUT2D eigenvalue weighted by Gasteiger charge is 2.19. The Morgan fingerprint density at radius 1 is 1.52 bits per heavy atom. The van der Waals surface area contributed by atoms with E-state index in [1.165, 1.54) is 31.4 Å². The molecule has 3 N–H and O–H groups in total. The van der Waals surface area contributed by atoms with E-state index in [4.69, 9.17) is 22.1 Å². The highest BCUT2D eigenvalue weighted by molar-refractivity contribution is 7.19. The number of halogens is 2. The smallest absolute Gasteiger partial charge is 0.176 e. The van der Waals surface area contributed by atoms with E-state index in [2.05, 4.69) is 5.32 Å². The zero-order valence-electron chi connectivity index (χ0n) is 11.5. The molecule has 0 unspecified atom stereocenters. The van der Waals surface area contributed by atoms with E-state index in [0.717, 1.165) is 5.56 Å². The standard InChI is InChI=1S/C14H14ClFN2O2S/c1-7(19)13-11(17)12(20-2)14(21-13)18-6-8-3-4-10(16)9(15)5-8/h3-5,18H,6,17H2,1-2H3. The van der Waals surface area contributed by atoms with Crippen molar-refractivity contribution in [3.63, 3.8) is 0 Å². The number of nitrogens with two attached hydrogens (primary N) is 1. The van der Waals surface area contributed by atoms with Gasteiger partial charge in [0.15, 0.2) is 11.5 Å². The maximum absolute atomic E-state index is 13.1. The third-order valence-corrected chi connectivity index (χ3v) is 4.40. The second-order valence-corrected chi connectivity index (χ2v) is 5.79. The van der Waals surface area contributed by atoms with Gasteiger partial charge >= 0.3 is 0 Å². The van der Waals surface area contributed by atoms with Gasteiger partial charge in [0.05, 0.1) is 22.7 Å². The van der Waals surface area contributed by atoms with Crippen molar-refractivity contribution in [2.24, 2.45) is 0 Å². The lowest BCUT2D eigenvalue weighted by Gasteiger charge is -2.07. The second-order valence-electron chi connectivity index (χ2n) is 4.37. The molecule has 1 heterocycles. The van der Waals surface area contributed by atoms with Crippen molar-refractivity contribution >= 4 is 39.4 Å². The van der Waals surface area contributed by atoms with E-state index in [9.17, 15) is 9.18 Å². The van der Waals surface area contributed by atoms with E-state index in [1.54, 1.807) is 12.1 Å².